The minimum absolute atomic E-state index is 1.03. The van der Waals surface area contributed by atoms with E-state index < -0.39 is 0 Å². The summed E-state index contributed by atoms with van der Waals surface area (Å²) in [6.45, 7) is 4.16. The zero-order valence-electron chi connectivity index (χ0n) is 5.89. The Kier molecular flexibility index (Phi) is 1.83. The van der Waals surface area contributed by atoms with E-state index >= 15 is 0 Å². The predicted octanol–water partition coefficient (Wildman–Crippen LogP) is 1.95. The highest BCUT2D eigenvalue weighted by molar-refractivity contribution is 5.11. The number of hydrogen-bond acceptors (Lipinski definition) is 1. The molecule has 48 valence electrons. The van der Waals surface area contributed by atoms with Crippen molar-refractivity contribution < 1.29 is 0 Å². The summed E-state index contributed by atoms with van der Waals surface area (Å²) in [7, 11) is 0. The fourth-order valence-electron chi connectivity index (χ4n) is 0.708. The van der Waals surface area contributed by atoms with Crippen LogP contribution in [0.2, 0.25) is 0 Å². The molecule has 0 spiro atoms. The van der Waals surface area contributed by atoms with Crippen molar-refractivity contribution in [2.24, 2.45) is 0 Å². The number of aromatic nitrogens is 1. The standard InChI is InChI=1S/C8H11N/c1-3-8-5-4-7(2)6-9-8/h4-6H,3H2,1-2H3. The van der Waals surface area contributed by atoms with Gasteiger partial charge in [0.2, 0.25) is 0 Å². The van der Waals surface area contributed by atoms with Gasteiger partial charge < -0.3 is 0 Å². The highest BCUT2D eigenvalue weighted by atomic mass is 14.7. The van der Waals surface area contributed by atoms with Gasteiger partial charge in [0, 0.05) is 11.9 Å². The third kappa shape index (κ3) is 1.53. The second-order valence-electron chi connectivity index (χ2n) is 2.18. The lowest BCUT2D eigenvalue weighted by atomic mass is 10.2. The van der Waals surface area contributed by atoms with Crippen molar-refractivity contribution in [1.29, 1.82) is 0 Å². The fourth-order valence-corrected chi connectivity index (χ4v) is 0.708. The molecule has 1 aromatic heterocycles. The van der Waals surface area contributed by atoms with Crippen molar-refractivity contribution in [1.82, 2.24) is 4.98 Å². The molecule has 0 saturated carbocycles. The molecular weight excluding hydrogens is 110 g/mol. The first-order valence-corrected chi connectivity index (χ1v) is 3.24. The van der Waals surface area contributed by atoms with Crippen LogP contribution >= 0.6 is 0 Å². The van der Waals surface area contributed by atoms with Gasteiger partial charge in [-0.25, -0.2) is 0 Å². The molecule has 0 aromatic carbocycles. The summed E-state index contributed by atoms with van der Waals surface area (Å²) in [5.74, 6) is 0. The van der Waals surface area contributed by atoms with Crippen LogP contribution in [0.5, 0.6) is 0 Å². The third-order valence-electron chi connectivity index (χ3n) is 1.33. The van der Waals surface area contributed by atoms with Crippen molar-refractivity contribution in [2.45, 2.75) is 20.3 Å². The van der Waals surface area contributed by atoms with Crippen molar-refractivity contribution in [3.8, 4) is 0 Å². The molecule has 1 heterocycles. The van der Waals surface area contributed by atoms with Crippen molar-refractivity contribution in [2.75, 3.05) is 0 Å². The molecule has 0 saturated heterocycles. The molecule has 9 heavy (non-hydrogen) atoms. The molecule has 0 unspecified atom stereocenters. The van der Waals surface area contributed by atoms with Crippen LogP contribution in [-0.2, 0) is 6.42 Å². The quantitative estimate of drug-likeness (QED) is 0.553. The highest BCUT2D eigenvalue weighted by Crippen LogP contribution is 1.97. The number of aryl methyl sites for hydroxylation is 2. The van der Waals surface area contributed by atoms with Crippen LogP contribution in [0.3, 0.4) is 0 Å². The van der Waals surface area contributed by atoms with E-state index in [2.05, 4.69) is 24.0 Å². The lowest BCUT2D eigenvalue weighted by Gasteiger charge is -1.93. The molecule has 0 bridgehead atoms. The Bertz CT molecular complexity index is 176. The molecule has 1 aromatic rings. The van der Waals surface area contributed by atoms with Gasteiger partial charge in [0.05, 0.1) is 0 Å². The Labute approximate surface area is 55.7 Å². The maximum atomic E-state index is 4.20. The topological polar surface area (TPSA) is 12.9 Å². The van der Waals surface area contributed by atoms with Crippen LogP contribution in [0.4, 0.5) is 0 Å². The zero-order valence-corrected chi connectivity index (χ0v) is 5.89. The van der Waals surface area contributed by atoms with E-state index in [0.717, 1.165) is 6.42 Å². The molecule has 0 aliphatic heterocycles. The molecule has 1 nitrogen and oxygen atoms in total. The van der Waals surface area contributed by atoms with E-state index in [-0.39, 0.29) is 0 Å². The molecule has 0 amide bonds. The van der Waals surface area contributed by atoms with Gasteiger partial charge in [-0.2, -0.15) is 0 Å². The zero-order chi connectivity index (χ0) is 6.69. The number of hydrogen-bond donors (Lipinski definition) is 0. The van der Waals surface area contributed by atoms with Gasteiger partial charge in [-0.05, 0) is 25.0 Å². The predicted molar refractivity (Wildman–Crippen MR) is 38.4 cm³/mol. The van der Waals surface area contributed by atoms with Crippen LogP contribution in [-0.4, -0.2) is 4.98 Å². The van der Waals surface area contributed by atoms with E-state index in [1.807, 2.05) is 13.1 Å². The maximum Gasteiger partial charge on any atom is 0.0401 e. The minimum atomic E-state index is 1.03. The van der Waals surface area contributed by atoms with Gasteiger partial charge in [-0.3, -0.25) is 4.98 Å². The van der Waals surface area contributed by atoms with Crippen LogP contribution in [0.15, 0.2) is 18.3 Å². The van der Waals surface area contributed by atoms with Crippen LogP contribution < -0.4 is 0 Å². The largest absolute Gasteiger partial charge is 0.261 e. The average Bonchev–Trinajstić information content (AvgIpc) is 1.90. The van der Waals surface area contributed by atoms with Gasteiger partial charge in [-0.1, -0.05) is 13.0 Å². The Balaban J connectivity index is 2.88. The first-order valence-electron chi connectivity index (χ1n) is 3.24. The number of pyridine rings is 1. The second kappa shape index (κ2) is 2.62. The van der Waals surface area contributed by atoms with Crippen LogP contribution in [0, 0.1) is 6.92 Å². The number of rotatable bonds is 1. The Morgan fingerprint density at radius 3 is 2.67 bits per heavy atom. The molecule has 0 N–H and O–H groups in total. The summed E-state index contributed by atoms with van der Waals surface area (Å²) < 4.78 is 0. The molecule has 1 rings (SSSR count). The van der Waals surface area contributed by atoms with E-state index in [1.54, 1.807) is 0 Å². The lowest BCUT2D eigenvalue weighted by molar-refractivity contribution is 1.03. The van der Waals surface area contributed by atoms with E-state index in [0.29, 0.717) is 0 Å². The van der Waals surface area contributed by atoms with E-state index in [4.69, 9.17) is 0 Å². The summed E-state index contributed by atoms with van der Waals surface area (Å²) in [4.78, 5) is 4.20. The molecule has 0 aliphatic carbocycles. The first kappa shape index (κ1) is 6.27. The van der Waals surface area contributed by atoms with Gasteiger partial charge in [0.1, 0.15) is 0 Å². The molecular formula is C8H11N. The summed E-state index contributed by atoms with van der Waals surface area (Å²) in [6.07, 6.45) is 2.93. The molecule has 0 fully saturated rings. The SMILES string of the molecule is CCc1ccc(C)cn1. The maximum absolute atomic E-state index is 4.20. The van der Waals surface area contributed by atoms with E-state index in [1.165, 1.54) is 11.3 Å². The summed E-state index contributed by atoms with van der Waals surface area (Å²) >= 11 is 0. The third-order valence-corrected chi connectivity index (χ3v) is 1.33. The van der Waals surface area contributed by atoms with Crippen molar-refractivity contribution >= 4 is 0 Å². The van der Waals surface area contributed by atoms with Crippen LogP contribution in [0.1, 0.15) is 18.2 Å². The van der Waals surface area contributed by atoms with Gasteiger partial charge in [0.25, 0.3) is 0 Å². The Morgan fingerprint density at radius 1 is 1.44 bits per heavy atom. The molecule has 0 atom stereocenters. The average molecular weight is 121 g/mol. The Hall–Kier alpha value is -0.850. The van der Waals surface area contributed by atoms with Crippen molar-refractivity contribution in [3.63, 3.8) is 0 Å². The summed E-state index contributed by atoms with van der Waals surface area (Å²) in [5.41, 5.74) is 2.40. The van der Waals surface area contributed by atoms with Gasteiger partial charge in [0.15, 0.2) is 0 Å². The Morgan fingerprint density at radius 2 is 2.22 bits per heavy atom. The van der Waals surface area contributed by atoms with Crippen molar-refractivity contribution in [3.05, 3.63) is 29.6 Å². The van der Waals surface area contributed by atoms with Gasteiger partial charge >= 0.3 is 0 Å². The first-order chi connectivity index (χ1) is 4.33. The molecule has 0 radical (unpaired) electrons. The normalized spacial score (nSPS) is 9.56. The smallest absolute Gasteiger partial charge is 0.0401 e. The molecule has 1 heteroatoms. The van der Waals surface area contributed by atoms with Gasteiger partial charge in [-0.15, -0.1) is 0 Å². The monoisotopic (exact) mass is 121 g/mol. The fraction of sp³-hybridized carbons (Fsp3) is 0.375. The number of nitrogens with zero attached hydrogens (tertiary/aromatic N) is 1. The summed E-state index contributed by atoms with van der Waals surface area (Å²) in [5, 5.41) is 0. The highest BCUT2D eigenvalue weighted by Gasteiger charge is 1.86. The lowest BCUT2D eigenvalue weighted by Crippen LogP contribution is -1.84. The minimum Gasteiger partial charge on any atom is -0.261 e. The second-order valence-corrected chi connectivity index (χ2v) is 2.18. The molecule has 0 aliphatic rings. The van der Waals surface area contributed by atoms with E-state index in [9.17, 15) is 0 Å². The van der Waals surface area contributed by atoms with Crippen LogP contribution in [0.25, 0.3) is 0 Å². The summed E-state index contributed by atoms with van der Waals surface area (Å²) in [6, 6.07) is 4.15.